The molecule has 0 unspecified atom stereocenters. The number of amides is 1. The first kappa shape index (κ1) is 20.0. The summed E-state index contributed by atoms with van der Waals surface area (Å²) in [6.07, 6.45) is 1.58. The van der Waals surface area contributed by atoms with Crippen LogP contribution in [0.3, 0.4) is 0 Å². The fourth-order valence-corrected chi connectivity index (χ4v) is 2.79. The fraction of sp³-hybridized carbons (Fsp3) is 0.217. The van der Waals surface area contributed by atoms with Crippen molar-refractivity contribution in [2.45, 2.75) is 20.4 Å². The van der Waals surface area contributed by atoms with Gasteiger partial charge in [0.1, 0.15) is 5.76 Å². The Kier molecular flexibility index (Phi) is 6.54. The quantitative estimate of drug-likeness (QED) is 0.567. The van der Waals surface area contributed by atoms with E-state index in [0.29, 0.717) is 36.0 Å². The van der Waals surface area contributed by atoms with E-state index in [1.54, 1.807) is 35.4 Å². The summed E-state index contributed by atoms with van der Waals surface area (Å²) in [5, 5.41) is 9.06. The molecule has 1 amide bonds. The number of carbonyl (C=O) groups is 1. The molecule has 3 rings (SSSR count). The SMILES string of the molecule is CCOc1cc(C#N)ccc1OCC(=O)N(Cc1ccco1)c1ccc(C)cc1. The van der Waals surface area contributed by atoms with Gasteiger partial charge in [-0.05, 0) is 50.2 Å². The number of rotatable bonds is 8. The van der Waals surface area contributed by atoms with Crippen molar-refractivity contribution in [3.63, 3.8) is 0 Å². The van der Waals surface area contributed by atoms with Crippen LogP contribution in [0.15, 0.2) is 65.3 Å². The third-order valence-corrected chi connectivity index (χ3v) is 4.26. The van der Waals surface area contributed by atoms with Crippen LogP contribution >= 0.6 is 0 Å². The molecule has 1 aromatic heterocycles. The molecule has 0 N–H and O–H groups in total. The molecule has 0 aliphatic heterocycles. The van der Waals surface area contributed by atoms with E-state index in [1.165, 1.54) is 0 Å². The number of aryl methyl sites for hydroxylation is 1. The lowest BCUT2D eigenvalue weighted by Crippen LogP contribution is -2.34. The van der Waals surface area contributed by atoms with Crippen LogP contribution in [0.5, 0.6) is 11.5 Å². The second-order valence-electron chi connectivity index (χ2n) is 6.39. The summed E-state index contributed by atoms with van der Waals surface area (Å²) in [5.41, 5.74) is 2.33. The van der Waals surface area contributed by atoms with Gasteiger partial charge >= 0.3 is 0 Å². The molecule has 0 atom stereocenters. The van der Waals surface area contributed by atoms with E-state index in [4.69, 9.17) is 19.2 Å². The molecule has 0 bridgehead atoms. The summed E-state index contributed by atoms with van der Waals surface area (Å²) in [5.74, 6) is 1.30. The number of hydrogen-bond acceptors (Lipinski definition) is 5. The van der Waals surface area contributed by atoms with Crippen LogP contribution in [0.1, 0.15) is 23.8 Å². The van der Waals surface area contributed by atoms with Crippen molar-refractivity contribution < 1.29 is 18.7 Å². The van der Waals surface area contributed by atoms with Crippen LogP contribution in [0, 0.1) is 18.3 Å². The van der Waals surface area contributed by atoms with Crippen LogP contribution in [-0.2, 0) is 11.3 Å². The third-order valence-electron chi connectivity index (χ3n) is 4.26. The van der Waals surface area contributed by atoms with Crippen molar-refractivity contribution in [2.75, 3.05) is 18.1 Å². The molecule has 148 valence electrons. The highest BCUT2D eigenvalue weighted by atomic mass is 16.5. The number of furan rings is 1. The van der Waals surface area contributed by atoms with E-state index in [9.17, 15) is 4.79 Å². The summed E-state index contributed by atoms with van der Waals surface area (Å²) in [7, 11) is 0. The van der Waals surface area contributed by atoms with Gasteiger partial charge in [0, 0.05) is 11.8 Å². The Bertz CT molecular complexity index is 989. The molecular formula is C23H22N2O4. The van der Waals surface area contributed by atoms with Crippen LogP contribution in [-0.4, -0.2) is 19.1 Å². The Hall–Kier alpha value is -3.72. The Morgan fingerprint density at radius 3 is 2.55 bits per heavy atom. The van der Waals surface area contributed by atoms with Crippen LogP contribution in [0.4, 0.5) is 5.69 Å². The largest absolute Gasteiger partial charge is 0.490 e. The van der Waals surface area contributed by atoms with Gasteiger partial charge in [-0.2, -0.15) is 5.26 Å². The zero-order valence-electron chi connectivity index (χ0n) is 16.4. The predicted molar refractivity (Wildman–Crippen MR) is 109 cm³/mol. The first-order chi connectivity index (χ1) is 14.1. The summed E-state index contributed by atoms with van der Waals surface area (Å²) >= 11 is 0. The van der Waals surface area contributed by atoms with E-state index in [2.05, 4.69) is 6.07 Å². The van der Waals surface area contributed by atoms with E-state index in [1.807, 2.05) is 44.2 Å². The van der Waals surface area contributed by atoms with Crippen molar-refractivity contribution in [2.24, 2.45) is 0 Å². The molecule has 0 aliphatic rings. The highest BCUT2D eigenvalue weighted by Crippen LogP contribution is 2.28. The average Bonchev–Trinajstić information content (AvgIpc) is 3.25. The highest BCUT2D eigenvalue weighted by molar-refractivity contribution is 5.94. The van der Waals surface area contributed by atoms with Gasteiger partial charge in [-0.15, -0.1) is 0 Å². The molecule has 0 radical (unpaired) electrons. The third kappa shape index (κ3) is 5.17. The number of carbonyl (C=O) groups excluding carboxylic acids is 1. The number of benzene rings is 2. The number of nitriles is 1. The normalized spacial score (nSPS) is 10.2. The molecule has 0 saturated heterocycles. The van der Waals surface area contributed by atoms with Crippen molar-refractivity contribution >= 4 is 11.6 Å². The molecule has 3 aromatic rings. The van der Waals surface area contributed by atoms with Gasteiger partial charge in [-0.3, -0.25) is 4.79 Å². The fourth-order valence-electron chi connectivity index (χ4n) is 2.79. The van der Waals surface area contributed by atoms with Gasteiger partial charge in [-0.1, -0.05) is 17.7 Å². The summed E-state index contributed by atoms with van der Waals surface area (Å²) in [4.78, 5) is 14.6. The Morgan fingerprint density at radius 2 is 1.90 bits per heavy atom. The lowest BCUT2D eigenvalue weighted by atomic mass is 10.2. The number of ether oxygens (including phenoxy) is 2. The van der Waals surface area contributed by atoms with E-state index in [-0.39, 0.29) is 12.5 Å². The van der Waals surface area contributed by atoms with Crippen molar-refractivity contribution in [1.82, 2.24) is 0 Å². The van der Waals surface area contributed by atoms with Gasteiger partial charge in [0.2, 0.25) is 0 Å². The van der Waals surface area contributed by atoms with Crippen molar-refractivity contribution in [1.29, 1.82) is 5.26 Å². The maximum atomic E-state index is 13.0. The van der Waals surface area contributed by atoms with E-state index >= 15 is 0 Å². The lowest BCUT2D eigenvalue weighted by Gasteiger charge is -2.22. The summed E-state index contributed by atoms with van der Waals surface area (Å²) in [6.45, 7) is 4.37. The minimum absolute atomic E-state index is 0.180. The van der Waals surface area contributed by atoms with Crippen LogP contribution in [0.25, 0.3) is 0 Å². The Morgan fingerprint density at radius 1 is 1.10 bits per heavy atom. The molecule has 0 fully saturated rings. The van der Waals surface area contributed by atoms with Crippen molar-refractivity contribution in [3.8, 4) is 17.6 Å². The zero-order chi connectivity index (χ0) is 20.6. The molecule has 0 saturated carbocycles. The molecule has 0 aliphatic carbocycles. The minimum Gasteiger partial charge on any atom is -0.490 e. The number of anilines is 1. The van der Waals surface area contributed by atoms with Gasteiger partial charge in [-0.25, -0.2) is 0 Å². The molecule has 2 aromatic carbocycles. The average molecular weight is 390 g/mol. The molecule has 6 heteroatoms. The van der Waals surface area contributed by atoms with E-state index in [0.717, 1.165) is 11.3 Å². The second kappa shape index (κ2) is 9.47. The van der Waals surface area contributed by atoms with Gasteiger partial charge in [0.15, 0.2) is 18.1 Å². The Balaban J connectivity index is 1.78. The molecule has 29 heavy (non-hydrogen) atoms. The first-order valence-corrected chi connectivity index (χ1v) is 9.30. The molecule has 0 spiro atoms. The number of hydrogen-bond donors (Lipinski definition) is 0. The standard InChI is InChI=1S/C23H22N2O4/c1-3-27-22-13-18(14-24)8-11-21(22)29-16-23(26)25(15-20-5-4-12-28-20)19-9-6-17(2)7-10-19/h4-13H,3,15-16H2,1-2H3. The molecular weight excluding hydrogens is 368 g/mol. The predicted octanol–water partition coefficient (Wildman–Crippen LogP) is 4.47. The topological polar surface area (TPSA) is 75.7 Å². The van der Waals surface area contributed by atoms with Gasteiger partial charge in [0.25, 0.3) is 5.91 Å². The second-order valence-corrected chi connectivity index (χ2v) is 6.39. The van der Waals surface area contributed by atoms with Crippen LogP contribution < -0.4 is 14.4 Å². The minimum atomic E-state index is -0.225. The van der Waals surface area contributed by atoms with Crippen molar-refractivity contribution in [3.05, 3.63) is 77.7 Å². The van der Waals surface area contributed by atoms with Gasteiger partial charge in [0.05, 0.1) is 31.0 Å². The number of nitrogens with zero attached hydrogens (tertiary/aromatic N) is 2. The zero-order valence-corrected chi connectivity index (χ0v) is 16.4. The summed E-state index contributed by atoms with van der Waals surface area (Å²) < 4.78 is 16.7. The maximum absolute atomic E-state index is 13.0. The van der Waals surface area contributed by atoms with Gasteiger partial charge < -0.3 is 18.8 Å². The smallest absolute Gasteiger partial charge is 0.265 e. The Labute approximate surface area is 169 Å². The summed E-state index contributed by atoms with van der Waals surface area (Å²) in [6, 6.07) is 18.2. The lowest BCUT2D eigenvalue weighted by molar-refractivity contribution is -0.120. The maximum Gasteiger partial charge on any atom is 0.265 e. The first-order valence-electron chi connectivity index (χ1n) is 9.30. The molecule has 1 heterocycles. The van der Waals surface area contributed by atoms with Crippen LogP contribution in [0.2, 0.25) is 0 Å². The highest BCUT2D eigenvalue weighted by Gasteiger charge is 2.19. The molecule has 6 nitrogen and oxygen atoms in total. The monoisotopic (exact) mass is 390 g/mol. The van der Waals surface area contributed by atoms with E-state index < -0.39 is 0 Å².